The number of nitrogens with one attached hydrogen (secondary N) is 2. The van der Waals surface area contributed by atoms with Crippen molar-refractivity contribution >= 4 is 11.6 Å². The zero-order chi connectivity index (χ0) is 31.0. The molecule has 4 N–H and O–H groups in total. The number of morpholine rings is 1. The number of primary amides is 1. The van der Waals surface area contributed by atoms with Gasteiger partial charge in [-0.25, -0.2) is 0 Å². The number of hydrogen-bond acceptors (Lipinski definition) is 6. The molecule has 6 rings (SSSR count). The van der Waals surface area contributed by atoms with Gasteiger partial charge in [0.05, 0.1) is 19.3 Å². The van der Waals surface area contributed by atoms with Crippen molar-refractivity contribution in [2.24, 2.45) is 5.73 Å². The van der Waals surface area contributed by atoms with Crippen LogP contribution in [0, 0.1) is 20.8 Å². The van der Waals surface area contributed by atoms with Crippen LogP contribution < -0.4 is 16.6 Å². The summed E-state index contributed by atoms with van der Waals surface area (Å²) in [4.78, 5) is 31.7. The first-order valence-electron chi connectivity index (χ1n) is 16.2. The SMILES string of the molecule is CCC1CC(Nc2c(C)c(C(N)=O)cc(-c3ccc4c(c3)CC(N3CCOCC3)C4)c2Cc2c(C)cc(C)[nH]c2=O)CCO1. The minimum atomic E-state index is -0.449. The lowest BCUT2D eigenvalue weighted by Gasteiger charge is -2.32. The molecule has 8 nitrogen and oxygen atoms in total. The Hall–Kier alpha value is -3.46. The number of rotatable bonds is 8. The number of aromatic amines is 1. The molecule has 3 unspecified atom stereocenters. The normalized spacial score (nSPS) is 22.1. The van der Waals surface area contributed by atoms with E-state index in [1.807, 2.05) is 32.9 Å². The zero-order valence-electron chi connectivity index (χ0n) is 26.6. The van der Waals surface area contributed by atoms with Crippen LogP contribution in [0.2, 0.25) is 0 Å². The maximum atomic E-state index is 13.3. The van der Waals surface area contributed by atoms with Gasteiger partial charge in [-0.1, -0.05) is 25.1 Å². The number of nitrogens with two attached hydrogens (primary N) is 1. The Kier molecular flexibility index (Phi) is 8.94. The fourth-order valence-electron chi connectivity index (χ4n) is 7.47. The van der Waals surface area contributed by atoms with E-state index in [0.29, 0.717) is 24.6 Å². The molecule has 0 spiro atoms. The smallest absolute Gasteiger partial charge is 0.251 e. The number of carbonyl (C=O) groups is 1. The second-order valence-corrected chi connectivity index (χ2v) is 12.9. The summed E-state index contributed by atoms with van der Waals surface area (Å²) < 4.78 is 11.6. The molecule has 1 amide bonds. The largest absolute Gasteiger partial charge is 0.382 e. The molecule has 3 aliphatic rings. The fraction of sp³-hybridized carbons (Fsp3) is 0.500. The summed E-state index contributed by atoms with van der Waals surface area (Å²) in [5.41, 5.74) is 16.5. The second-order valence-electron chi connectivity index (χ2n) is 12.9. The molecular formula is C36H46N4O4. The van der Waals surface area contributed by atoms with Crippen molar-refractivity contribution in [2.75, 3.05) is 38.2 Å². The third-order valence-electron chi connectivity index (χ3n) is 9.97. The maximum absolute atomic E-state index is 13.3. The van der Waals surface area contributed by atoms with Crippen LogP contribution in [0.5, 0.6) is 0 Å². The number of hydrogen-bond donors (Lipinski definition) is 3. The van der Waals surface area contributed by atoms with Gasteiger partial charge in [-0.05, 0) is 104 Å². The number of nitrogens with zero attached hydrogens (tertiary/aromatic N) is 1. The van der Waals surface area contributed by atoms with Crippen LogP contribution >= 0.6 is 0 Å². The number of H-pyrrole nitrogens is 1. The van der Waals surface area contributed by atoms with E-state index in [1.165, 1.54) is 11.1 Å². The van der Waals surface area contributed by atoms with E-state index >= 15 is 0 Å². The van der Waals surface area contributed by atoms with Gasteiger partial charge >= 0.3 is 0 Å². The molecule has 2 aliphatic heterocycles. The molecule has 1 aliphatic carbocycles. The quantitative estimate of drug-likeness (QED) is 0.343. The van der Waals surface area contributed by atoms with Crippen molar-refractivity contribution in [3.05, 3.63) is 85.3 Å². The Morgan fingerprint density at radius 2 is 1.82 bits per heavy atom. The van der Waals surface area contributed by atoms with Crippen molar-refractivity contribution < 1.29 is 14.3 Å². The minimum absolute atomic E-state index is 0.0737. The molecule has 2 saturated heterocycles. The van der Waals surface area contributed by atoms with Crippen LogP contribution in [-0.2, 0) is 28.7 Å². The van der Waals surface area contributed by atoms with Crippen molar-refractivity contribution in [3.8, 4) is 11.1 Å². The predicted octanol–water partition coefficient (Wildman–Crippen LogP) is 4.83. The first-order chi connectivity index (χ1) is 21.2. The van der Waals surface area contributed by atoms with Gasteiger partial charge in [-0.15, -0.1) is 0 Å². The van der Waals surface area contributed by atoms with Gasteiger partial charge in [0, 0.05) is 60.7 Å². The van der Waals surface area contributed by atoms with Gasteiger partial charge in [0.15, 0.2) is 0 Å². The third-order valence-corrected chi connectivity index (χ3v) is 9.97. The maximum Gasteiger partial charge on any atom is 0.251 e. The van der Waals surface area contributed by atoms with Crippen molar-refractivity contribution in [1.29, 1.82) is 0 Å². The highest BCUT2D eigenvalue weighted by molar-refractivity contribution is 5.98. The van der Waals surface area contributed by atoms with Crippen LogP contribution in [0.1, 0.15) is 75.6 Å². The number of aromatic nitrogens is 1. The molecular weight excluding hydrogens is 552 g/mol. The number of amides is 1. The molecule has 44 heavy (non-hydrogen) atoms. The van der Waals surface area contributed by atoms with Crippen LogP contribution in [0.4, 0.5) is 5.69 Å². The van der Waals surface area contributed by atoms with Gasteiger partial charge in [0.2, 0.25) is 5.91 Å². The van der Waals surface area contributed by atoms with Gasteiger partial charge in [0.25, 0.3) is 5.56 Å². The van der Waals surface area contributed by atoms with Crippen LogP contribution in [0.25, 0.3) is 11.1 Å². The highest BCUT2D eigenvalue weighted by atomic mass is 16.5. The number of ether oxygens (including phenoxy) is 2. The number of pyridine rings is 1. The number of fused-ring (bicyclic) bond motifs is 1. The van der Waals surface area contributed by atoms with Gasteiger partial charge in [-0.3, -0.25) is 14.5 Å². The molecule has 1 aromatic heterocycles. The number of aryl methyl sites for hydroxylation is 2. The lowest BCUT2D eigenvalue weighted by molar-refractivity contribution is 0.00923. The molecule has 8 heteroatoms. The number of benzene rings is 2. The summed E-state index contributed by atoms with van der Waals surface area (Å²) in [6.45, 7) is 12.3. The highest BCUT2D eigenvalue weighted by Gasteiger charge is 2.30. The summed E-state index contributed by atoms with van der Waals surface area (Å²) in [6, 6.07) is 11.4. The summed E-state index contributed by atoms with van der Waals surface area (Å²) in [5, 5.41) is 3.84. The van der Waals surface area contributed by atoms with Crippen LogP contribution in [0.3, 0.4) is 0 Å². The average Bonchev–Trinajstić information content (AvgIpc) is 3.44. The Morgan fingerprint density at radius 1 is 1.05 bits per heavy atom. The van der Waals surface area contributed by atoms with E-state index in [1.54, 1.807) is 0 Å². The molecule has 234 valence electrons. The molecule has 0 bridgehead atoms. The van der Waals surface area contributed by atoms with E-state index in [-0.39, 0.29) is 17.7 Å². The lowest BCUT2D eigenvalue weighted by atomic mass is 9.86. The number of carbonyl (C=O) groups excluding carboxylic acids is 1. The van der Waals surface area contributed by atoms with Crippen molar-refractivity contribution in [1.82, 2.24) is 9.88 Å². The Morgan fingerprint density at radius 3 is 2.55 bits per heavy atom. The monoisotopic (exact) mass is 598 g/mol. The van der Waals surface area contributed by atoms with E-state index in [4.69, 9.17) is 15.2 Å². The summed E-state index contributed by atoms with van der Waals surface area (Å²) >= 11 is 0. The molecule has 3 heterocycles. The second kappa shape index (κ2) is 12.9. The van der Waals surface area contributed by atoms with Crippen molar-refractivity contribution in [2.45, 2.75) is 84.4 Å². The molecule has 3 atom stereocenters. The molecule has 0 saturated carbocycles. The van der Waals surface area contributed by atoms with E-state index in [9.17, 15) is 9.59 Å². The van der Waals surface area contributed by atoms with E-state index in [0.717, 1.165) is 103 Å². The van der Waals surface area contributed by atoms with E-state index < -0.39 is 5.91 Å². The Labute approximate surface area is 260 Å². The van der Waals surface area contributed by atoms with Gasteiger partial charge in [-0.2, -0.15) is 0 Å². The summed E-state index contributed by atoms with van der Waals surface area (Å²) in [7, 11) is 0. The Balaban J connectivity index is 1.47. The first kappa shape index (κ1) is 30.6. The predicted molar refractivity (Wildman–Crippen MR) is 175 cm³/mol. The molecule has 2 aromatic carbocycles. The molecule has 3 aromatic rings. The summed E-state index contributed by atoms with van der Waals surface area (Å²) in [5.74, 6) is -0.449. The van der Waals surface area contributed by atoms with E-state index in [2.05, 4.69) is 40.3 Å². The number of anilines is 1. The minimum Gasteiger partial charge on any atom is -0.382 e. The molecule has 2 fully saturated rings. The average molecular weight is 599 g/mol. The van der Waals surface area contributed by atoms with Crippen LogP contribution in [-0.4, -0.2) is 66.9 Å². The highest BCUT2D eigenvalue weighted by Crippen LogP contribution is 2.39. The Bertz CT molecular complexity index is 1610. The lowest BCUT2D eigenvalue weighted by Crippen LogP contribution is -2.43. The third kappa shape index (κ3) is 6.21. The zero-order valence-corrected chi connectivity index (χ0v) is 26.6. The summed E-state index contributed by atoms with van der Waals surface area (Å²) in [6.07, 6.45) is 5.38. The fourth-order valence-corrected chi connectivity index (χ4v) is 7.47. The van der Waals surface area contributed by atoms with Gasteiger partial charge in [0.1, 0.15) is 0 Å². The standard InChI is InChI=1S/C36H46N4O4/c1-5-29-18-27(8-11-44-29)39-34-23(4)31(35(37)41)20-32(33(34)19-30-21(2)14-22(3)38-36(30)42)25-7-6-24-16-28(17-26(24)15-25)40-9-12-43-13-10-40/h6-7,14-15,20,27-29,39H,5,8-13,16-19H2,1-4H3,(H2,37,41)(H,38,42). The van der Waals surface area contributed by atoms with Gasteiger partial charge < -0.3 is 25.5 Å². The van der Waals surface area contributed by atoms with Crippen molar-refractivity contribution in [3.63, 3.8) is 0 Å². The molecule has 0 radical (unpaired) electrons. The van der Waals surface area contributed by atoms with Crippen LogP contribution in [0.15, 0.2) is 35.1 Å². The topological polar surface area (TPSA) is 110 Å². The first-order valence-corrected chi connectivity index (χ1v) is 16.2.